The van der Waals surface area contributed by atoms with Gasteiger partial charge in [0.2, 0.25) is 0 Å². The van der Waals surface area contributed by atoms with Gasteiger partial charge in [0.25, 0.3) is 0 Å². The van der Waals surface area contributed by atoms with Gasteiger partial charge >= 0.3 is 0 Å². The van der Waals surface area contributed by atoms with Crippen LogP contribution in [-0.2, 0) is 0 Å². The topological polar surface area (TPSA) is 0 Å². The smallest absolute Gasteiger partial charge is 0.136 e. The lowest BCUT2D eigenvalue weighted by molar-refractivity contribution is 0.362. The Morgan fingerprint density at radius 1 is 1.25 bits per heavy atom. The Hall–Kier alpha value is -1.16. The van der Waals surface area contributed by atoms with E-state index in [-0.39, 0.29) is 6.42 Å². The molecule has 0 amide bonds. The fourth-order valence-corrected chi connectivity index (χ4v) is 5.59. The van der Waals surface area contributed by atoms with E-state index in [1.165, 1.54) is 19.1 Å². The molecule has 20 heavy (non-hydrogen) atoms. The zero-order chi connectivity index (χ0) is 14.9. The van der Waals surface area contributed by atoms with Crippen molar-refractivity contribution in [2.45, 2.75) is 36.8 Å². The minimum absolute atomic E-state index is 0.285. The Kier molecular flexibility index (Phi) is 4.33. The SMILES string of the molecule is Cc1ccccc1S(C)(C1=CC=C(F)CC1F)C(C)F. The van der Waals surface area contributed by atoms with Crippen LogP contribution in [0.3, 0.4) is 0 Å². The summed E-state index contributed by atoms with van der Waals surface area (Å²) in [6, 6.07) is 7.46. The van der Waals surface area contributed by atoms with Crippen molar-refractivity contribution in [2.24, 2.45) is 0 Å². The average molecular weight is 300 g/mol. The van der Waals surface area contributed by atoms with Gasteiger partial charge < -0.3 is 0 Å². The second kappa shape index (κ2) is 5.68. The molecule has 0 spiro atoms. The van der Waals surface area contributed by atoms with Crippen LogP contribution in [0.25, 0.3) is 0 Å². The molecule has 0 radical (unpaired) electrons. The van der Waals surface area contributed by atoms with Crippen LogP contribution in [0.2, 0.25) is 0 Å². The zero-order valence-electron chi connectivity index (χ0n) is 11.9. The normalized spacial score (nSPS) is 25.2. The van der Waals surface area contributed by atoms with Crippen molar-refractivity contribution in [2.75, 3.05) is 6.26 Å². The van der Waals surface area contributed by atoms with E-state index in [0.717, 1.165) is 10.5 Å². The summed E-state index contributed by atoms with van der Waals surface area (Å²) in [6.45, 7) is 3.36. The highest BCUT2D eigenvalue weighted by Gasteiger charge is 2.38. The van der Waals surface area contributed by atoms with Crippen molar-refractivity contribution in [3.8, 4) is 0 Å². The van der Waals surface area contributed by atoms with Crippen molar-refractivity contribution in [3.63, 3.8) is 0 Å². The molecule has 0 aliphatic heterocycles. The number of rotatable bonds is 3. The Morgan fingerprint density at radius 2 is 1.90 bits per heavy atom. The Balaban J connectivity index is 2.60. The lowest BCUT2D eigenvalue weighted by atomic mass is 10.1. The van der Waals surface area contributed by atoms with Gasteiger partial charge in [-0.15, -0.1) is 0 Å². The maximum Gasteiger partial charge on any atom is 0.136 e. The number of alkyl halides is 2. The van der Waals surface area contributed by atoms with Crippen LogP contribution >= 0.6 is 10.0 Å². The lowest BCUT2D eigenvalue weighted by Crippen LogP contribution is -2.21. The van der Waals surface area contributed by atoms with Gasteiger partial charge in [-0.05, 0) is 48.8 Å². The van der Waals surface area contributed by atoms with Crippen LogP contribution < -0.4 is 0 Å². The molecule has 0 nitrogen and oxygen atoms in total. The monoisotopic (exact) mass is 300 g/mol. The number of hydrogen-bond acceptors (Lipinski definition) is 0. The summed E-state index contributed by atoms with van der Waals surface area (Å²) in [5.74, 6) is -0.487. The summed E-state index contributed by atoms with van der Waals surface area (Å²) in [5, 5.41) is 0. The molecule has 0 saturated heterocycles. The second-order valence-corrected chi connectivity index (χ2v) is 8.67. The quantitative estimate of drug-likeness (QED) is 0.683. The van der Waals surface area contributed by atoms with Crippen molar-refractivity contribution in [3.05, 3.63) is 52.7 Å². The number of hydrogen-bond donors (Lipinski definition) is 0. The van der Waals surface area contributed by atoms with Crippen LogP contribution in [0.1, 0.15) is 18.9 Å². The van der Waals surface area contributed by atoms with Gasteiger partial charge in [0.15, 0.2) is 0 Å². The molecule has 3 atom stereocenters. The highest BCUT2D eigenvalue weighted by Crippen LogP contribution is 2.66. The predicted molar refractivity (Wildman–Crippen MR) is 80.3 cm³/mol. The van der Waals surface area contributed by atoms with E-state index in [9.17, 15) is 13.2 Å². The largest absolute Gasteiger partial charge is 0.241 e. The van der Waals surface area contributed by atoms with E-state index in [0.29, 0.717) is 4.91 Å². The molecule has 0 fully saturated rings. The van der Waals surface area contributed by atoms with Crippen molar-refractivity contribution in [1.82, 2.24) is 0 Å². The molecule has 0 bridgehead atoms. The van der Waals surface area contributed by atoms with E-state index in [1.54, 1.807) is 6.26 Å². The second-order valence-electron chi connectivity index (χ2n) is 5.14. The van der Waals surface area contributed by atoms with Crippen LogP contribution in [0.5, 0.6) is 0 Å². The highest BCUT2D eigenvalue weighted by molar-refractivity contribution is 8.36. The van der Waals surface area contributed by atoms with Crippen molar-refractivity contribution in [1.29, 1.82) is 0 Å². The summed E-state index contributed by atoms with van der Waals surface area (Å²) in [5.41, 5.74) is -0.250. The third-order valence-corrected chi connectivity index (χ3v) is 7.84. The van der Waals surface area contributed by atoms with Gasteiger partial charge in [0.05, 0.1) is 0 Å². The fourth-order valence-electron chi connectivity index (χ4n) is 2.55. The Bertz CT molecular complexity index is 563. The molecule has 1 aliphatic carbocycles. The molecule has 0 saturated carbocycles. The maximum absolute atomic E-state index is 14.4. The average Bonchev–Trinajstić information content (AvgIpc) is 2.38. The first-order valence-electron chi connectivity index (χ1n) is 6.54. The maximum atomic E-state index is 14.4. The molecule has 0 aromatic heterocycles. The van der Waals surface area contributed by atoms with E-state index in [1.807, 2.05) is 31.2 Å². The molecule has 2 rings (SSSR count). The van der Waals surface area contributed by atoms with Crippen LogP contribution in [0.15, 0.2) is 52.0 Å². The fraction of sp³-hybridized carbons (Fsp3) is 0.375. The molecule has 4 heteroatoms. The molecule has 3 unspecified atom stereocenters. The van der Waals surface area contributed by atoms with Gasteiger partial charge in [0, 0.05) is 11.3 Å². The van der Waals surface area contributed by atoms with Crippen LogP contribution in [0.4, 0.5) is 13.2 Å². The van der Waals surface area contributed by atoms with Crippen molar-refractivity contribution >= 4 is 10.0 Å². The van der Waals surface area contributed by atoms with Gasteiger partial charge in [-0.3, -0.25) is 0 Å². The van der Waals surface area contributed by atoms with E-state index >= 15 is 0 Å². The molecule has 1 aromatic rings. The van der Waals surface area contributed by atoms with Crippen molar-refractivity contribution < 1.29 is 13.2 Å². The number of aryl methyl sites for hydroxylation is 1. The number of benzene rings is 1. The standard InChI is InChI=1S/C16H19F3S/c1-11-6-4-5-7-15(11)20(3,12(2)17)16-9-8-13(18)10-14(16)19/h4-9,12,14H,10H2,1-3H3. The summed E-state index contributed by atoms with van der Waals surface area (Å²) in [6.07, 6.45) is 2.74. The first kappa shape index (κ1) is 15.2. The van der Waals surface area contributed by atoms with E-state index < -0.39 is 27.5 Å². The van der Waals surface area contributed by atoms with Gasteiger partial charge in [0.1, 0.15) is 17.5 Å². The first-order chi connectivity index (χ1) is 9.37. The van der Waals surface area contributed by atoms with E-state index in [4.69, 9.17) is 0 Å². The van der Waals surface area contributed by atoms with Gasteiger partial charge in [-0.1, -0.05) is 18.2 Å². The molecule has 0 N–H and O–H groups in total. The molecular weight excluding hydrogens is 281 g/mol. The zero-order valence-corrected chi connectivity index (χ0v) is 12.7. The van der Waals surface area contributed by atoms with Gasteiger partial charge in [-0.25, -0.2) is 13.2 Å². The minimum atomic E-state index is -2.13. The summed E-state index contributed by atoms with van der Waals surface area (Å²) in [4.78, 5) is 1.22. The van der Waals surface area contributed by atoms with Crippen LogP contribution in [-0.4, -0.2) is 17.9 Å². The number of allylic oxidation sites excluding steroid dienone is 4. The lowest BCUT2D eigenvalue weighted by Gasteiger charge is -2.43. The minimum Gasteiger partial charge on any atom is -0.241 e. The Labute approximate surface area is 119 Å². The molecule has 0 heterocycles. The summed E-state index contributed by atoms with van der Waals surface area (Å²) < 4.78 is 41.8. The Morgan fingerprint density at radius 3 is 2.45 bits per heavy atom. The molecule has 110 valence electrons. The third-order valence-electron chi connectivity index (χ3n) is 3.80. The van der Waals surface area contributed by atoms with E-state index in [2.05, 4.69) is 0 Å². The third kappa shape index (κ3) is 2.53. The van der Waals surface area contributed by atoms with Gasteiger partial charge in [-0.2, -0.15) is 10.0 Å². The highest BCUT2D eigenvalue weighted by atomic mass is 32.3. The molecule has 1 aromatic carbocycles. The summed E-state index contributed by atoms with van der Waals surface area (Å²) >= 11 is 0. The number of halogens is 3. The first-order valence-corrected chi connectivity index (χ1v) is 8.65. The summed E-state index contributed by atoms with van der Waals surface area (Å²) in [7, 11) is -2.13. The molecular formula is C16H19F3S. The molecule has 1 aliphatic rings. The van der Waals surface area contributed by atoms with Crippen LogP contribution in [0, 0.1) is 6.92 Å². The predicted octanol–water partition coefficient (Wildman–Crippen LogP) is 5.58.